The van der Waals surface area contributed by atoms with Crippen molar-refractivity contribution in [1.29, 1.82) is 0 Å². The monoisotopic (exact) mass is 254 g/mol. The Kier molecular flexibility index (Phi) is 7.58. The maximum absolute atomic E-state index is 11.9. The van der Waals surface area contributed by atoms with E-state index in [-0.39, 0.29) is 19.8 Å². The second-order valence-electron chi connectivity index (χ2n) is 2.78. The smallest absolute Gasteiger partial charge is 0.464 e. The zero-order valence-electron chi connectivity index (χ0n) is 10.1. The van der Waals surface area contributed by atoms with E-state index < -0.39 is 19.9 Å². The molecule has 0 fully saturated rings. The zero-order valence-corrected chi connectivity index (χ0v) is 11.0. The molecule has 0 aromatic heterocycles. The van der Waals surface area contributed by atoms with Crippen LogP contribution < -0.4 is 0 Å². The van der Waals surface area contributed by atoms with Gasteiger partial charge in [-0.05, 0) is 27.7 Å². The van der Waals surface area contributed by atoms with Gasteiger partial charge in [-0.1, -0.05) is 0 Å². The van der Waals surface area contributed by atoms with Gasteiger partial charge in [-0.3, -0.25) is 13.6 Å². The lowest BCUT2D eigenvalue weighted by Gasteiger charge is -2.19. The summed E-state index contributed by atoms with van der Waals surface area (Å²) in [5.74, 6) is -0.595. The van der Waals surface area contributed by atoms with Crippen molar-refractivity contribution < 1.29 is 27.7 Å². The number of phosphoric ester groups is 1. The van der Waals surface area contributed by atoms with Gasteiger partial charge >= 0.3 is 13.8 Å². The molecule has 0 rings (SSSR count). The number of hydrogen-bond acceptors (Lipinski definition) is 6. The average molecular weight is 254 g/mol. The number of carbonyl (C=O) groups is 1. The van der Waals surface area contributed by atoms with E-state index in [1.807, 2.05) is 0 Å². The summed E-state index contributed by atoms with van der Waals surface area (Å²) in [6.45, 7) is 7.01. The molecule has 0 aromatic rings. The van der Waals surface area contributed by atoms with Crippen LogP contribution in [0.1, 0.15) is 27.7 Å². The molecule has 16 heavy (non-hydrogen) atoms. The van der Waals surface area contributed by atoms with Gasteiger partial charge in [-0.15, -0.1) is 0 Å². The first kappa shape index (κ1) is 15.6. The van der Waals surface area contributed by atoms with Crippen molar-refractivity contribution in [3.63, 3.8) is 0 Å². The van der Waals surface area contributed by atoms with E-state index in [4.69, 9.17) is 18.3 Å². The third-order valence-corrected chi connectivity index (χ3v) is 3.20. The Labute approximate surface area is 95.8 Å². The van der Waals surface area contributed by atoms with Crippen LogP contribution in [-0.2, 0) is 27.7 Å². The normalized spacial score (nSPS) is 13.5. The summed E-state index contributed by atoms with van der Waals surface area (Å²) in [5, 5.41) is 0. The topological polar surface area (TPSA) is 71.1 Å². The van der Waals surface area contributed by atoms with Crippen molar-refractivity contribution in [2.45, 2.75) is 33.8 Å². The van der Waals surface area contributed by atoms with Gasteiger partial charge in [0.1, 0.15) is 0 Å². The molecule has 0 amide bonds. The number of carbonyl (C=O) groups excluding carboxylic acids is 1. The highest BCUT2D eigenvalue weighted by Gasteiger charge is 2.31. The van der Waals surface area contributed by atoms with E-state index in [0.29, 0.717) is 0 Å². The molecule has 0 aliphatic carbocycles. The van der Waals surface area contributed by atoms with E-state index in [0.717, 1.165) is 0 Å². The third kappa shape index (κ3) is 5.61. The van der Waals surface area contributed by atoms with E-state index in [9.17, 15) is 9.36 Å². The lowest BCUT2D eigenvalue weighted by molar-refractivity contribution is -0.151. The lowest BCUT2D eigenvalue weighted by Crippen LogP contribution is -2.23. The number of esters is 1. The quantitative estimate of drug-likeness (QED) is 0.488. The molecule has 0 saturated carbocycles. The Balaban J connectivity index is 4.38. The molecular formula is C9H19O6P. The number of rotatable bonds is 8. The van der Waals surface area contributed by atoms with Gasteiger partial charge in [0, 0.05) is 0 Å². The third-order valence-electron chi connectivity index (χ3n) is 1.48. The van der Waals surface area contributed by atoms with Crippen molar-refractivity contribution in [2.24, 2.45) is 0 Å². The fourth-order valence-corrected chi connectivity index (χ4v) is 2.21. The second kappa shape index (κ2) is 7.79. The van der Waals surface area contributed by atoms with Crippen molar-refractivity contribution in [2.75, 3.05) is 19.8 Å². The molecule has 0 aliphatic rings. The van der Waals surface area contributed by atoms with Gasteiger partial charge in [0.05, 0.1) is 19.8 Å². The SMILES string of the molecule is CCOC(=O)C(C)OP(=O)(OCC)OCC. The first-order valence-corrected chi connectivity index (χ1v) is 6.69. The van der Waals surface area contributed by atoms with Gasteiger partial charge in [0.15, 0.2) is 6.10 Å². The molecule has 0 radical (unpaired) electrons. The van der Waals surface area contributed by atoms with Crippen LogP contribution in [0.25, 0.3) is 0 Å². The molecular weight excluding hydrogens is 235 g/mol. The molecule has 0 N–H and O–H groups in total. The van der Waals surface area contributed by atoms with Crippen LogP contribution >= 0.6 is 7.82 Å². The predicted octanol–water partition coefficient (Wildman–Crippen LogP) is 2.14. The first-order valence-electron chi connectivity index (χ1n) is 5.23. The molecule has 0 spiro atoms. The van der Waals surface area contributed by atoms with Crippen molar-refractivity contribution in [3.05, 3.63) is 0 Å². The van der Waals surface area contributed by atoms with Crippen LogP contribution in [0.2, 0.25) is 0 Å². The Morgan fingerprint density at radius 1 is 1.12 bits per heavy atom. The number of hydrogen-bond donors (Lipinski definition) is 0. The van der Waals surface area contributed by atoms with Crippen molar-refractivity contribution in [3.8, 4) is 0 Å². The molecule has 0 bridgehead atoms. The molecule has 96 valence electrons. The van der Waals surface area contributed by atoms with Crippen LogP contribution in [0.5, 0.6) is 0 Å². The predicted molar refractivity (Wildman–Crippen MR) is 58.0 cm³/mol. The molecule has 1 unspecified atom stereocenters. The van der Waals surface area contributed by atoms with Gasteiger partial charge in [0.2, 0.25) is 0 Å². The Morgan fingerprint density at radius 2 is 1.62 bits per heavy atom. The highest BCUT2D eigenvalue weighted by atomic mass is 31.2. The van der Waals surface area contributed by atoms with Gasteiger partial charge < -0.3 is 4.74 Å². The molecule has 1 atom stereocenters. The Bertz CT molecular complexity index is 244. The molecule has 6 nitrogen and oxygen atoms in total. The van der Waals surface area contributed by atoms with Crippen LogP contribution in [-0.4, -0.2) is 31.9 Å². The van der Waals surface area contributed by atoms with E-state index in [2.05, 4.69) is 0 Å². The maximum Gasteiger partial charge on any atom is 0.475 e. The summed E-state index contributed by atoms with van der Waals surface area (Å²) in [6.07, 6.45) is -0.983. The standard InChI is InChI=1S/C9H19O6P/c1-5-12-9(10)8(4)15-16(11,13-6-2)14-7-3/h8H,5-7H2,1-4H3. The van der Waals surface area contributed by atoms with E-state index >= 15 is 0 Å². The summed E-state index contributed by atoms with van der Waals surface area (Å²) in [4.78, 5) is 11.2. The largest absolute Gasteiger partial charge is 0.475 e. The molecule has 0 aliphatic heterocycles. The van der Waals surface area contributed by atoms with Crippen molar-refractivity contribution >= 4 is 13.8 Å². The zero-order chi connectivity index (χ0) is 12.6. The van der Waals surface area contributed by atoms with Crippen LogP contribution in [0.3, 0.4) is 0 Å². The molecule has 0 saturated heterocycles. The molecule has 0 heterocycles. The molecule has 7 heteroatoms. The fourth-order valence-electron chi connectivity index (χ4n) is 0.911. The summed E-state index contributed by atoms with van der Waals surface area (Å²) in [6, 6.07) is 0. The van der Waals surface area contributed by atoms with Gasteiger partial charge in [-0.25, -0.2) is 9.36 Å². The minimum atomic E-state index is -3.65. The average Bonchev–Trinajstić information content (AvgIpc) is 2.18. The first-order chi connectivity index (χ1) is 7.49. The Morgan fingerprint density at radius 3 is 2.00 bits per heavy atom. The summed E-state index contributed by atoms with van der Waals surface area (Å²) in [7, 11) is -3.65. The lowest BCUT2D eigenvalue weighted by atomic mass is 10.4. The fraction of sp³-hybridized carbons (Fsp3) is 0.889. The highest BCUT2D eigenvalue weighted by molar-refractivity contribution is 7.48. The summed E-state index contributed by atoms with van der Waals surface area (Å²) < 4.78 is 31.3. The van der Waals surface area contributed by atoms with Gasteiger partial charge in [-0.2, -0.15) is 0 Å². The minimum absolute atomic E-state index is 0.173. The van der Waals surface area contributed by atoms with Gasteiger partial charge in [0.25, 0.3) is 0 Å². The molecule has 0 aromatic carbocycles. The Hall–Kier alpha value is -0.420. The minimum Gasteiger partial charge on any atom is -0.464 e. The maximum atomic E-state index is 11.9. The van der Waals surface area contributed by atoms with Crippen LogP contribution in [0, 0.1) is 0 Å². The second-order valence-corrected chi connectivity index (χ2v) is 4.40. The van der Waals surface area contributed by atoms with Crippen LogP contribution in [0.15, 0.2) is 0 Å². The summed E-state index contributed by atoms with van der Waals surface area (Å²) >= 11 is 0. The van der Waals surface area contributed by atoms with E-state index in [1.165, 1.54) is 6.92 Å². The van der Waals surface area contributed by atoms with Crippen molar-refractivity contribution in [1.82, 2.24) is 0 Å². The van der Waals surface area contributed by atoms with Crippen LogP contribution in [0.4, 0.5) is 0 Å². The highest BCUT2D eigenvalue weighted by Crippen LogP contribution is 2.50. The number of phosphoric acid groups is 1. The number of ether oxygens (including phenoxy) is 1. The summed E-state index contributed by atoms with van der Waals surface area (Å²) in [5.41, 5.74) is 0. The van der Waals surface area contributed by atoms with E-state index in [1.54, 1.807) is 20.8 Å².